The van der Waals surface area contributed by atoms with E-state index in [2.05, 4.69) is 14.9 Å². The summed E-state index contributed by atoms with van der Waals surface area (Å²) in [4.78, 5) is 22.8. The largest absolute Gasteiger partial charge is 0.358 e. The molecule has 5 heteroatoms. The molecule has 0 aromatic carbocycles. The number of aryl methyl sites for hydroxylation is 1. The first kappa shape index (κ1) is 12.1. The van der Waals surface area contributed by atoms with Gasteiger partial charge in [0.05, 0.1) is 0 Å². The molecule has 0 radical (unpaired) electrons. The Labute approximate surface area is 101 Å². The minimum atomic E-state index is -0.0828. The lowest BCUT2D eigenvalue weighted by atomic mass is 10.4. The van der Waals surface area contributed by atoms with E-state index in [1.807, 2.05) is 11.9 Å². The Bertz CT molecular complexity index is 423. The molecule has 17 heavy (non-hydrogen) atoms. The zero-order valence-electron chi connectivity index (χ0n) is 10.6. The van der Waals surface area contributed by atoms with Crippen LogP contribution in [0, 0.1) is 6.92 Å². The van der Waals surface area contributed by atoms with Crippen LogP contribution in [0.4, 0.5) is 5.82 Å². The fourth-order valence-electron chi connectivity index (χ4n) is 2.17. The summed E-state index contributed by atoms with van der Waals surface area (Å²) in [5.74, 6) is 1.42. The van der Waals surface area contributed by atoms with E-state index in [1.165, 1.54) is 25.9 Å². The molecular formula is C12H20N4O. The number of aromatic nitrogens is 2. The molecule has 5 nitrogen and oxygen atoms in total. The number of aromatic amines is 1. The summed E-state index contributed by atoms with van der Waals surface area (Å²) in [6.07, 6.45) is 2.62. The van der Waals surface area contributed by atoms with E-state index >= 15 is 0 Å². The maximum atomic E-state index is 11.3. The zero-order chi connectivity index (χ0) is 12.3. The highest BCUT2D eigenvalue weighted by Gasteiger charge is 2.12. The summed E-state index contributed by atoms with van der Waals surface area (Å²) >= 11 is 0. The number of rotatable bonds is 4. The highest BCUT2D eigenvalue weighted by atomic mass is 16.1. The SMILES string of the molecule is Cc1nc(N(C)CCN2CCCC2)cc(=O)[nH]1. The highest BCUT2D eigenvalue weighted by molar-refractivity contribution is 5.35. The fourth-order valence-corrected chi connectivity index (χ4v) is 2.17. The van der Waals surface area contributed by atoms with Gasteiger partial charge in [0.2, 0.25) is 0 Å². The van der Waals surface area contributed by atoms with Crippen LogP contribution < -0.4 is 10.5 Å². The Morgan fingerprint density at radius 3 is 2.82 bits per heavy atom. The summed E-state index contributed by atoms with van der Waals surface area (Å²) < 4.78 is 0. The summed E-state index contributed by atoms with van der Waals surface area (Å²) in [6, 6.07) is 1.55. The van der Waals surface area contributed by atoms with Gasteiger partial charge in [-0.1, -0.05) is 0 Å². The maximum Gasteiger partial charge on any atom is 0.252 e. The van der Waals surface area contributed by atoms with E-state index in [-0.39, 0.29) is 5.56 Å². The van der Waals surface area contributed by atoms with Gasteiger partial charge in [0, 0.05) is 26.2 Å². The molecule has 1 aliphatic rings. The van der Waals surface area contributed by atoms with Gasteiger partial charge < -0.3 is 14.8 Å². The maximum absolute atomic E-state index is 11.3. The molecule has 0 saturated carbocycles. The molecule has 1 aliphatic heterocycles. The Morgan fingerprint density at radius 1 is 1.47 bits per heavy atom. The zero-order valence-corrected chi connectivity index (χ0v) is 10.6. The summed E-state index contributed by atoms with van der Waals surface area (Å²) in [6.45, 7) is 6.17. The third-order valence-electron chi connectivity index (χ3n) is 3.19. The minimum absolute atomic E-state index is 0.0828. The first-order valence-electron chi connectivity index (χ1n) is 6.16. The van der Waals surface area contributed by atoms with Crippen molar-refractivity contribution in [2.24, 2.45) is 0 Å². The molecule has 0 unspecified atom stereocenters. The Balaban J connectivity index is 1.93. The molecule has 1 aromatic rings. The molecule has 1 aromatic heterocycles. The second-order valence-corrected chi connectivity index (χ2v) is 4.66. The van der Waals surface area contributed by atoms with Crippen molar-refractivity contribution in [1.82, 2.24) is 14.9 Å². The van der Waals surface area contributed by atoms with Gasteiger partial charge in [-0.3, -0.25) is 4.79 Å². The van der Waals surface area contributed by atoms with Gasteiger partial charge in [-0.25, -0.2) is 4.98 Å². The molecule has 0 aliphatic carbocycles. The fraction of sp³-hybridized carbons (Fsp3) is 0.667. The van der Waals surface area contributed by atoms with Crippen LogP contribution in [0.15, 0.2) is 10.9 Å². The standard InChI is InChI=1S/C12H20N4O/c1-10-13-11(9-12(17)14-10)15(2)7-8-16-5-3-4-6-16/h9H,3-8H2,1-2H3,(H,13,14,17). The number of H-pyrrole nitrogens is 1. The number of hydrogen-bond donors (Lipinski definition) is 1. The van der Waals surface area contributed by atoms with Crippen LogP contribution in [0.1, 0.15) is 18.7 Å². The van der Waals surface area contributed by atoms with E-state index in [0.29, 0.717) is 5.82 Å². The van der Waals surface area contributed by atoms with E-state index < -0.39 is 0 Å². The van der Waals surface area contributed by atoms with Crippen molar-refractivity contribution in [2.45, 2.75) is 19.8 Å². The van der Waals surface area contributed by atoms with Crippen LogP contribution in [0.5, 0.6) is 0 Å². The van der Waals surface area contributed by atoms with E-state index in [9.17, 15) is 4.79 Å². The second kappa shape index (κ2) is 5.31. The van der Waals surface area contributed by atoms with Crippen LogP contribution in [-0.2, 0) is 0 Å². The third kappa shape index (κ3) is 3.30. The Kier molecular flexibility index (Phi) is 3.78. The number of nitrogens with one attached hydrogen (secondary N) is 1. The first-order valence-corrected chi connectivity index (χ1v) is 6.16. The van der Waals surface area contributed by atoms with Gasteiger partial charge in [0.25, 0.3) is 5.56 Å². The van der Waals surface area contributed by atoms with Crippen LogP contribution in [0.3, 0.4) is 0 Å². The van der Waals surface area contributed by atoms with Crippen LogP contribution in [0.25, 0.3) is 0 Å². The predicted molar refractivity (Wildman–Crippen MR) is 68.5 cm³/mol. The molecule has 0 bridgehead atoms. The molecule has 2 heterocycles. The molecular weight excluding hydrogens is 216 g/mol. The lowest BCUT2D eigenvalue weighted by Gasteiger charge is -2.22. The topological polar surface area (TPSA) is 52.2 Å². The molecule has 0 spiro atoms. The van der Waals surface area contributed by atoms with E-state index in [0.717, 1.165) is 18.9 Å². The van der Waals surface area contributed by atoms with Gasteiger partial charge in [-0.15, -0.1) is 0 Å². The van der Waals surface area contributed by atoms with Crippen molar-refractivity contribution in [3.05, 3.63) is 22.2 Å². The molecule has 1 N–H and O–H groups in total. The summed E-state index contributed by atoms with van der Waals surface area (Å²) in [7, 11) is 1.98. The van der Waals surface area contributed by atoms with Crippen LogP contribution in [-0.4, -0.2) is 48.1 Å². The number of anilines is 1. The lowest BCUT2D eigenvalue weighted by Crippen LogP contribution is -2.32. The van der Waals surface area contributed by atoms with Gasteiger partial charge in [-0.05, 0) is 32.9 Å². The smallest absolute Gasteiger partial charge is 0.252 e. The van der Waals surface area contributed by atoms with Gasteiger partial charge in [-0.2, -0.15) is 0 Å². The lowest BCUT2D eigenvalue weighted by molar-refractivity contribution is 0.346. The van der Waals surface area contributed by atoms with Crippen molar-refractivity contribution in [2.75, 3.05) is 38.1 Å². The second-order valence-electron chi connectivity index (χ2n) is 4.66. The first-order chi connectivity index (χ1) is 8.15. The minimum Gasteiger partial charge on any atom is -0.358 e. The monoisotopic (exact) mass is 236 g/mol. The normalized spacial score (nSPS) is 16.4. The van der Waals surface area contributed by atoms with Gasteiger partial charge in [0.15, 0.2) is 0 Å². The van der Waals surface area contributed by atoms with Crippen molar-refractivity contribution < 1.29 is 0 Å². The number of likely N-dealkylation sites (N-methyl/N-ethyl adjacent to an activating group) is 1. The highest BCUT2D eigenvalue weighted by Crippen LogP contribution is 2.09. The molecule has 0 amide bonds. The Morgan fingerprint density at radius 2 is 2.18 bits per heavy atom. The van der Waals surface area contributed by atoms with Crippen LogP contribution in [0.2, 0.25) is 0 Å². The van der Waals surface area contributed by atoms with Crippen molar-refractivity contribution in [1.29, 1.82) is 0 Å². The molecule has 94 valence electrons. The number of nitrogens with zero attached hydrogens (tertiary/aromatic N) is 3. The predicted octanol–water partition coefficient (Wildman–Crippen LogP) is 0.610. The van der Waals surface area contributed by atoms with Gasteiger partial charge in [0.1, 0.15) is 11.6 Å². The average Bonchev–Trinajstić information content (AvgIpc) is 2.77. The number of hydrogen-bond acceptors (Lipinski definition) is 4. The van der Waals surface area contributed by atoms with E-state index in [4.69, 9.17) is 0 Å². The van der Waals surface area contributed by atoms with Crippen molar-refractivity contribution in [3.63, 3.8) is 0 Å². The van der Waals surface area contributed by atoms with Crippen molar-refractivity contribution >= 4 is 5.82 Å². The molecule has 1 fully saturated rings. The summed E-state index contributed by atoms with van der Waals surface area (Å²) in [5.41, 5.74) is -0.0828. The van der Waals surface area contributed by atoms with Gasteiger partial charge >= 0.3 is 0 Å². The molecule has 1 saturated heterocycles. The van der Waals surface area contributed by atoms with Crippen LogP contribution >= 0.6 is 0 Å². The third-order valence-corrected chi connectivity index (χ3v) is 3.19. The van der Waals surface area contributed by atoms with E-state index in [1.54, 1.807) is 13.0 Å². The van der Waals surface area contributed by atoms with Crippen molar-refractivity contribution in [3.8, 4) is 0 Å². The Hall–Kier alpha value is -1.36. The average molecular weight is 236 g/mol. The molecule has 2 rings (SSSR count). The number of likely N-dealkylation sites (tertiary alicyclic amines) is 1. The summed E-state index contributed by atoms with van der Waals surface area (Å²) in [5, 5.41) is 0. The quantitative estimate of drug-likeness (QED) is 0.832. The molecule has 0 atom stereocenters.